The molecule has 0 spiro atoms. The van der Waals surface area contributed by atoms with Crippen LogP contribution in [0.1, 0.15) is 22.8 Å². The summed E-state index contributed by atoms with van der Waals surface area (Å²) in [6.45, 7) is 2.48. The van der Waals surface area contributed by atoms with Gasteiger partial charge in [0.05, 0.1) is 17.7 Å². The molecule has 1 aliphatic rings. The lowest BCUT2D eigenvalue weighted by atomic mass is 10.1. The SMILES string of the molecule is CCN1C(=O)c2cccnc2Sc2cc(NC(=O)Cc3ccccc3Cl)ccc21. The minimum absolute atomic E-state index is 0.0719. The van der Waals surface area contributed by atoms with E-state index in [-0.39, 0.29) is 18.2 Å². The summed E-state index contributed by atoms with van der Waals surface area (Å²) in [5.74, 6) is -0.226. The number of halogens is 1. The Balaban J connectivity index is 1.62. The summed E-state index contributed by atoms with van der Waals surface area (Å²) in [6.07, 6.45) is 1.86. The predicted molar refractivity (Wildman–Crippen MR) is 116 cm³/mol. The van der Waals surface area contributed by atoms with Crippen LogP contribution in [0.15, 0.2) is 70.7 Å². The molecule has 29 heavy (non-hydrogen) atoms. The molecule has 1 aromatic heterocycles. The Hall–Kier alpha value is -2.83. The zero-order valence-corrected chi connectivity index (χ0v) is 17.3. The molecule has 2 aromatic carbocycles. The lowest BCUT2D eigenvalue weighted by Crippen LogP contribution is -2.30. The number of rotatable bonds is 4. The van der Waals surface area contributed by atoms with E-state index in [0.717, 1.165) is 16.1 Å². The second-order valence-corrected chi connectivity index (χ2v) is 7.94. The Bertz CT molecular complexity index is 1100. The maximum Gasteiger partial charge on any atom is 0.261 e. The van der Waals surface area contributed by atoms with Gasteiger partial charge in [-0.3, -0.25) is 9.59 Å². The van der Waals surface area contributed by atoms with Gasteiger partial charge in [0.2, 0.25) is 5.91 Å². The summed E-state index contributed by atoms with van der Waals surface area (Å²) < 4.78 is 0. The van der Waals surface area contributed by atoms with Gasteiger partial charge in [0.25, 0.3) is 5.91 Å². The number of benzene rings is 2. The second-order valence-electron chi connectivity index (χ2n) is 6.51. The third-order valence-electron chi connectivity index (χ3n) is 4.61. The fourth-order valence-electron chi connectivity index (χ4n) is 3.22. The molecule has 4 rings (SSSR count). The van der Waals surface area contributed by atoms with Crippen molar-refractivity contribution in [3.63, 3.8) is 0 Å². The lowest BCUT2D eigenvalue weighted by Gasteiger charge is -2.21. The van der Waals surface area contributed by atoms with E-state index in [1.54, 1.807) is 29.3 Å². The van der Waals surface area contributed by atoms with Crippen molar-refractivity contribution in [2.24, 2.45) is 0 Å². The molecular weight excluding hydrogens is 406 g/mol. The molecule has 2 amide bonds. The highest BCUT2D eigenvalue weighted by Crippen LogP contribution is 2.41. The highest BCUT2D eigenvalue weighted by molar-refractivity contribution is 7.99. The molecule has 0 bridgehead atoms. The van der Waals surface area contributed by atoms with E-state index in [0.29, 0.717) is 27.8 Å². The van der Waals surface area contributed by atoms with E-state index >= 15 is 0 Å². The maximum atomic E-state index is 12.9. The number of amides is 2. The fraction of sp³-hybridized carbons (Fsp3) is 0.136. The molecule has 2 heterocycles. The molecular formula is C22H18ClN3O2S. The van der Waals surface area contributed by atoms with Crippen molar-refractivity contribution in [1.82, 2.24) is 4.98 Å². The first-order valence-corrected chi connectivity index (χ1v) is 10.4. The highest BCUT2D eigenvalue weighted by Gasteiger charge is 2.27. The topological polar surface area (TPSA) is 62.3 Å². The molecule has 1 N–H and O–H groups in total. The summed E-state index contributed by atoms with van der Waals surface area (Å²) in [7, 11) is 0. The Morgan fingerprint density at radius 3 is 2.79 bits per heavy atom. The van der Waals surface area contributed by atoms with Crippen molar-refractivity contribution in [2.45, 2.75) is 23.3 Å². The zero-order chi connectivity index (χ0) is 20.4. The van der Waals surface area contributed by atoms with Crippen molar-refractivity contribution in [2.75, 3.05) is 16.8 Å². The first-order valence-electron chi connectivity index (χ1n) is 9.19. The van der Waals surface area contributed by atoms with Crippen LogP contribution in [-0.2, 0) is 11.2 Å². The van der Waals surface area contributed by atoms with Crippen LogP contribution in [0.2, 0.25) is 5.02 Å². The van der Waals surface area contributed by atoms with Crippen molar-refractivity contribution < 1.29 is 9.59 Å². The summed E-state index contributed by atoms with van der Waals surface area (Å²) in [5, 5.41) is 4.15. The molecule has 0 atom stereocenters. The number of hydrogen-bond donors (Lipinski definition) is 1. The number of carbonyl (C=O) groups is 2. The molecule has 0 aliphatic carbocycles. The van der Waals surface area contributed by atoms with Crippen LogP contribution < -0.4 is 10.2 Å². The zero-order valence-electron chi connectivity index (χ0n) is 15.7. The van der Waals surface area contributed by atoms with E-state index in [1.807, 2.05) is 43.3 Å². The molecule has 0 unspecified atom stereocenters. The van der Waals surface area contributed by atoms with Gasteiger partial charge in [0.15, 0.2) is 0 Å². The molecule has 3 aromatic rings. The third-order valence-corrected chi connectivity index (χ3v) is 6.05. The average Bonchev–Trinajstić information content (AvgIpc) is 2.83. The van der Waals surface area contributed by atoms with Crippen molar-refractivity contribution >= 4 is 46.6 Å². The Morgan fingerprint density at radius 2 is 2.00 bits per heavy atom. The summed E-state index contributed by atoms with van der Waals surface area (Å²) in [4.78, 5) is 32.4. The van der Waals surface area contributed by atoms with E-state index in [4.69, 9.17) is 11.6 Å². The van der Waals surface area contributed by atoms with E-state index in [2.05, 4.69) is 10.3 Å². The van der Waals surface area contributed by atoms with Gasteiger partial charge in [-0.1, -0.05) is 41.6 Å². The molecule has 5 nitrogen and oxygen atoms in total. The van der Waals surface area contributed by atoms with Crippen LogP contribution in [-0.4, -0.2) is 23.3 Å². The number of nitrogens with one attached hydrogen (secondary N) is 1. The molecule has 7 heteroatoms. The molecule has 146 valence electrons. The normalized spacial score (nSPS) is 12.8. The van der Waals surface area contributed by atoms with Crippen molar-refractivity contribution in [1.29, 1.82) is 0 Å². The number of carbonyl (C=O) groups excluding carboxylic acids is 2. The smallest absolute Gasteiger partial charge is 0.261 e. The van der Waals surface area contributed by atoms with Crippen LogP contribution >= 0.6 is 23.4 Å². The first kappa shape index (κ1) is 19.5. The molecule has 0 saturated heterocycles. The number of anilines is 2. The van der Waals surface area contributed by atoms with Gasteiger partial charge in [0.1, 0.15) is 5.03 Å². The van der Waals surface area contributed by atoms with Gasteiger partial charge < -0.3 is 10.2 Å². The average molecular weight is 424 g/mol. The van der Waals surface area contributed by atoms with E-state index in [1.165, 1.54) is 11.8 Å². The minimum Gasteiger partial charge on any atom is -0.326 e. The summed E-state index contributed by atoms with van der Waals surface area (Å²) in [6, 6.07) is 16.4. The standard InChI is InChI=1S/C22H18ClN3O2S/c1-2-26-18-10-9-15(25-20(27)12-14-6-3-4-8-17(14)23)13-19(18)29-21-16(22(26)28)7-5-11-24-21/h3-11,13H,2,12H2,1H3,(H,25,27). The molecule has 0 radical (unpaired) electrons. The number of pyridine rings is 1. The number of fused-ring (bicyclic) bond motifs is 2. The Morgan fingerprint density at radius 1 is 1.17 bits per heavy atom. The maximum absolute atomic E-state index is 12.9. The van der Waals surface area contributed by atoms with Crippen LogP contribution in [0.5, 0.6) is 0 Å². The van der Waals surface area contributed by atoms with Crippen LogP contribution in [0.25, 0.3) is 0 Å². The minimum atomic E-state index is -0.154. The quantitative estimate of drug-likeness (QED) is 0.638. The van der Waals surface area contributed by atoms with Crippen LogP contribution in [0.3, 0.4) is 0 Å². The summed E-state index contributed by atoms with van der Waals surface area (Å²) in [5.41, 5.74) is 2.83. The Kier molecular flexibility index (Phi) is 5.56. The lowest BCUT2D eigenvalue weighted by molar-refractivity contribution is -0.115. The number of hydrogen-bond acceptors (Lipinski definition) is 4. The van der Waals surface area contributed by atoms with Crippen molar-refractivity contribution in [3.8, 4) is 0 Å². The van der Waals surface area contributed by atoms with Gasteiger partial charge in [-0.05, 0) is 48.9 Å². The van der Waals surface area contributed by atoms with Gasteiger partial charge in [-0.25, -0.2) is 4.98 Å². The molecule has 0 saturated carbocycles. The van der Waals surface area contributed by atoms with Gasteiger partial charge in [0, 0.05) is 28.3 Å². The predicted octanol–water partition coefficient (Wildman–Crippen LogP) is 5.05. The highest BCUT2D eigenvalue weighted by atomic mass is 35.5. The molecule has 0 fully saturated rings. The van der Waals surface area contributed by atoms with E-state index < -0.39 is 0 Å². The molecule has 1 aliphatic heterocycles. The van der Waals surface area contributed by atoms with E-state index in [9.17, 15) is 9.59 Å². The van der Waals surface area contributed by atoms with Gasteiger partial charge in [-0.2, -0.15) is 0 Å². The second kappa shape index (κ2) is 8.27. The first-order chi connectivity index (χ1) is 14.1. The summed E-state index contributed by atoms with van der Waals surface area (Å²) >= 11 is 7.58. The monoisotopic (exact) mass is 423 g/mol. The van der Waals surface area contributed by atoms with Gasteiger partial charge >= 0.3 is 0 Å². The number of aromatic nitrogens is 1. The Labute approximate surface area is 178 Å². The van der Waals surface area contributed by atoms with Crippen LogP contribution in [0.4, 0.5) is 11.4 Å². The fourth-order valence-corrected chi connectivity index (χ4v) is 4.48. The third kappa shape index (κ3) is 3.99. The van der Waals surface area contributed by atoms with Gasteiger partial charge in [-0.15, -0.1) is 0 Å². The van der Waals surface area contributed by atoms with Crippen LogP contribution in [0, 0.1) is 0 Å². The van der Waals surface area contributed by atoms with Crippen molar-refractivity contribution in [3.05, 3.63) is 76.9 Å². The largest absolute Gasteiger partial charge is 0.326 e. The number of nitrogens with zero attached hydrogens (tertiary/aromatic N) is 2.